The van der Waals surface area contributed by atoms with Crippen molar-refractivity contribution < 1.29 is 14.6 Å². The van der Waals surface area contributed by atoms with Crippen molar-refractivity contribution in [3.8, 4) is 5.75 Å². The Morgan fingerprint density at radius 3 is 1.72 bits per heavy atom. The SMILES string of the molecule is CCCCCCCCCCCCCCCCCCOC(=O)C(C)(CCCC)c1ccc(O)c(CN)c1. The fraction of sp³-hybridized carbons (Fsp3) is 0.781. The molecule has 1 atom stereocenters. The van der Waals surface area contributed by atoms with Crippen LogP contribution < -0.4 is 5.73 Å². The van der Waals surface area contributed by atoms with Crippen molar-refractivity contribution in [1.29, 1.82) is 0 Å². The summed E-state index contributed by atoms with van der Waals surface area (Å²) in [5.74, 6) is 0.0196. The lowest BCUT2D eigenvalue weighted by Crippen LogP contribution is -2.35. The van der Waals surface area contributed by atoms with Crippen molar-refractivity contribution in [2.45, 2.75) is 155 Å². The minimum Gasteiger partial charge on any atom is -0.508 e. The Kier molecular flexibility index (Phi) is 18.5. The summed E-state index contributed by atoms with van der Waals surface area (Å²) in [7, 11) is 0. The van der Waals surface area contributed by atoms with E-state index in [0.717, 1.165) is 37.7 Å². The number of hydrogen-bond acceptors (Lipinski definition) is 4. The van der Waals surface area contributed by atoms with E-state index in [-0.39, 0.29) is 18.3 Å². The molecule has 208 valence electrons. The molecule has 0 fully saturated rings. The van der Waals surface area contributed by atoms with Gasteiger partial charge in [-0.05, 0) is 37.5 Å². The van der Waals surface area contributed by atoms with Crippen LogP contribution in [0.25, 0.3) is 0 Å². The van der Waals surface area contributed by atoms with Crippen LogP contribution in [0.15, 0.2) is 18.2 Å². The molecule has 0 saturated carbocycles. The fourth-order valence-corrected chi connectivity index (χ4v) is 4.96. The summed E-state index contributed by atoms with van der Waals surface area (Å²) in [6.45, 7) is 7.11. The molecule has 0 aromatic heterocycles. The third-order valence-electron chi connectivity index (χ3n) is 7.65. The normalized spacial score (nSPS) is 13.0. The van der Waals surface area contributed by atoms with Gasteiger partial charge >= 0.3 is 5.97 Å². The average molecular weight is 504 g/mol. The van der Waals surface area contributed by atoms with E-state index in [4.69, 9.17) is 10.5 Å². The number of carbonyl (C=O) groups excluding carboxylic acids is 1. The summed E-state index contributed by atoms with van der Waals surface area (Å²) < 4.78 is 5.75. The quantitative estimate of drug-likeness (QED) is 0.115. The van der Waals surface area contributed by atoms with Gasteiger partial charge < -0.3 is 15.6 Å². The van der Waals surface area contributed by atoms with E-state index in [1.54, 1.807) is 6.07 Å². The summed E-state index contributed by atoms with van der Waals surface area (Å²) in [5, 5.41) is 9.99. The van der Waals surface area contributed by atoms with Gasteiger partial charge in [0.1, 0.15) is 5.75 Å². The summed E-state index contributed by atoms with van der Waals surface area (Å²) in [6, 6.07) is 5.34. The predicted octanol–water partition coefficient (Wildman–Crippen LogP) is 9.10. The van der Waals surface area contributed by atoms with E-state index in [0.29, 0.717) is 12.2 Å². The molecule has 0 aliphatic rings. The molecule has 0 saturated heterocycles. The molecular weight excluding hydrogens is 446 g/mol. The molecule has 1 unspecified atom stereocenters. The maximum Gasteiger partial charge on any atom is 0.316 e. The minimum absolute atomic E-state index is 0.162. The van der Waals surface area contributed by atoms with Gasteiger partial charge in [-0.15, -0.1) is 0 Å². The third kappa shape index (κ3) is 13.1. The van der Waals surface area contributed by atoms with E-state index < -0.39 is 5.41 Å². The van der Waals surface area contributed by atoms with Crippen LogP contribution in [0.2, 0.25) is 0 Å². The highest BCUT2D eigenvalue weighted by Crippen LogP contribution is 2.34. The molecule has 0 spiro atoms. The number of phenolic OH excluding ortho intramolecular Hbond substituents is 1. The number of benzene rings is 1. The minimum atomic E-state index is -0.706. The highest BCUT2D eigenvalue weighted by Gasteiger charge is 2.36. The van der Waals surface area contributed by atoms with Crippen LogP contribution in [0.5, 0.6) is 5.75 Å². The molecule has 3 N–H and O–H groups in total. The summed E-state index contributed by atoms with van der Waals surface area (Å²) in [5.41, 5.74) is 6.61. The highest BCUT2D eigenvalue weighted by atomic mass is 16.5. The van der Waals surface area contributed by atoms with E-state index in [9.17, 15) is 9.90 Å². The lowest BCUT2D eigenvalue weighted by Gasteiger charge is -2.28. The zero-order chi connectivity index (χ0) is 26.5. The van der Waals surface area contributed by atoms with Crippen LogP contribution in [0.3, 0.4) is 0 Å². The Hall–Kier alpha value is -1.55. The van der Waals surface area contributed by atoms with Gasteiger partial charge in [0.05, 0.1) is 12.0 Å². The van der Waals surface area contributed by atoms with Crippen LogP contribution in [0.1, 0.15) is 154 Å². The molecule has 0 heterocycles. The Morgan fingerprint density at radius 1 is 0.778 bits per heavy atom. The van der Waals surface area contributed by atoms with Crippen molar-refractivity contribution in [3.63, 3.8) is 0 Å². The van der Waals surface area contributed by atoms with Crippen LogP contribution in [0.4, 0.5) is 0 Å². The first-order valence-corrected chi connectivity index (χ1v) is 15.2. The second-order valence-corrected chi connectivity index (χ2v) is 10.9. The molecule has 0 aliphatic heterocycles. The number of carbonyl (C=O) groups is 1. The van der Waals surface area contributed by atoms with Crippen molar-refractivity contribution in [3.05, 3.63) is 29.3 Å². The van der Waals surface area contributed by atoms with E-state index in [1.165, 1.54) is 89.9 Å². The smallest absolute Gasteiger partial charge is 0.316 e. The Morgan fingerprint density at radius 2 is 1.25 bits per heavy atom. The number of hydrogen-bond donors (Lipinski definition) is 2. The molecule has 0 amide bonds. The number of esters is 1. The number of unbranched alkanes of at least 4 members (excludes halogenated alkanes) is 16. The number of nitrogens with two attached hydrogens (primary N) is 1. The topological polar surface area (TPSA) is 72.5 Å². The molecule has 4 heteroatoms. The first-order valence-electron chi connectivity index (χ1n) is 15.2. The van der Waals surface area contributed by atoms with Gasteiger partial charge in [-0.2, -0.15) is 0 Å². The van der Waals surface area contributed by atoms with Gasteiger partial charge in [0.25, 0.3) is 0 Å². The summed E-state index contributed by atoms with van der Waals surface area (Å²) in [4.78, 5) is 13.1. The standard InChI is InChI=1S/C32H57NO3/c1-4-6-8-9-10-11-12-13-14-15-16-17-18-19-20-21-25-36-31(35)32(3,24-7-5-2)29-22-23-30(34)28(26-29)27-33/h22-23,26,34H,4-21,24-25,27,33H2,1-3H3. The molecular formula is C32H57NO3. The predicted molar refractivity (Wildman–Crippen MR) is 153 cm³/mol. The molecule has 1 aromatic rings. The van der Waals surface area contributed by atoms with Crippen LogP contribution in [-0.2, 0) is 21.5 Å². The first-order chi connectivity index (χ1) is 17.5. The van der Waals surface area contributed by atoms with Gasteiger partial charge in [-0.25, -0.2) is 0 Å². The van der Waals surface area contributed by atoms with Crippen LogP contribution >= 0.6 is 0 Å². The zero-order valence-electron chi connectivity index (χ0n) is 23.9. The third-order valence-corrected chi connectivity index (χ3v) is 7.65. The molecule has 36 heavy (non-hydrogen) atoms. The number of aromatic hydroxyl groups is 1. The average Bonchev–Trinajstić information content (AvgIpc) is 2.89. The first kappa shape index (κ1) is 32.5. The summed E-state index contributed by atoms with van der Waals surface area (Å²) >= 11 is 0. The second kappa shape index (κ2) is 20.5. The van der Waals surface area contributed by atoms with Crippen molar-refractivity contribution in [2.24, 2.45) is 5.73 Å². The van der Waals surface area contributed by atoms with Crippen molar-refractivity contribution in [1.82, 2.24) is 0 Å². The van der Waals surface area contributed by atoms with Crippen LogP contribution in [0, 0.1) is 0 Å². The number of phenols is 1. The largest absolute Gasteiger partial charge is 0.508 e. The van der Waals surface area contributed by atoms with Gasteiger partial charge in [0.15, 0.2) is 0 Å². The monoisotopic (exact) mass is 503 g/mol. The maximum absolute atomic E-state index is 13.1. The maximum atomic E-state index is 13.1. The molecule has 4 nitrogen and oxygen atoms in total. The lowest BCUT2D eigenvalue weighted by atomic mass is 9.77. The molecule has 1 aromatic carbocycles. The second-order valence-electron chi connectivity index (χ2n) is 10.9. The van der Waals surface area contributed by atoms with Gasteiger partial charge in [-0.3, -0.25) is 4.79 Å². The van der Waals surface area contributed by atoms with E-state index in [1.807, 2.05) is 19.1 Å². The van der Waals surface area contributed by atoms with E-state index >= 15 is 0 Å². The Labute approximate surface area is 222 Å². The van der Waals surface area contributed by atoms with Crippen molar-refractivity contribution >= 4 is 5.97 Å². The Balaban J connectivity index is 2.17. The molecule has 0 aliphatic carbocycles. The Bertz CT molecular complexity index is 690. The highest BCUT2D eigenvalue weighted by molar-refractivity contribution is 5.83. The van der Waals surface area contributed by atoms with Gasteiger partial charge in [-0.1, -0.05) is 129 Å². The molecule has 0 bridgehead atoms. The fourth-order valence-electron chi connectivity index (χ4n) is 4.96. The van der Waals surface area contributed by atoms with E-state index in [2.05, 4.69) is 13.8 Å². The molecule has 0 radical (unpaired) electrons. The molecule has 1 rings (SSSR count). The van der Waals surface area contributed by atoms with Gasteiger partial charge in [0.2, 0.25) is 0 Å². The number of ether oxygens (including phenoxy) is 1. The summed E-state index contributed by atoms with van der Waals surface area (Å²) in [6.07, 6.45) is 24.0. The van der Waals surface area contributed by atoms with Crippen LogP contribution in [-0.4, -0.2) is 17.7 Å². The zero-order valence-corrected chi connectivity index (χ0v) is 23.9. The number of rotatable bonds is 23. The lowest BCUT2D eigenvalue weighted by molar-refractivity contribution is -0.150. The van der Waals surface area contributed by atoms with Gasteiger partial charge in [0, 0.05) is 12.1 Å². The van der Waals surface area contributed by atoms with Crippen molar-refractivity contribution in [2.75, 3.05) is 6.61 Å².